The fourth-order valence-electron chi connectivity index (χ4n) is 2.36. The molecule has 0 atom stereocenters. The lowest BCUT2D eigenvalue weighted by atomic mass is 10.1. The number of hydrogen-bond donors (Lipinski definition) is 2. The molecule has 0 unspecified atom stereocenters. The molecule has 0 aliphatic carbocycles. The second kappa shape index (κ2) is 7.84. The van der Waals surface area contributed by atoms with Crippen LogP contribution in [0.5, 0.6) is 0 Å². The molecule has 0 radical (unpaired) electrons. The summed E-state index contributed by atoms with van der Waals surface area (Å²) < 4.78 is 5.22. The number of amides is 2. The van der Waals surface area contributed by atoms with E-state index >= 15 is 0 Å². The molecule has 2 N–H and O–H groups in total. The van der Waals surface area contributed by atoms with Crippen molar-refractivity contribution in [1.82, 2.24) is 10.5 Å². The Kier molecular flexibility index (Phi) is 5.34. The Morgan fingerprint density at radius 3 is 2.65 bits per heavy atom. The Balaban J connectivity index is 1.75. The van der Waals surface area contributed by atoms with Crippen molar-refractivity contribution >= 4 is 29.1 Å². The van der Waals surface area contributed by atoms with E-state index in [-0.39, 0.29) is 11.6 Å². The number of nitrogens with zero attached hydrogens (tertiary/aromatic N) is 1. The normalized spacial score (nSPS) is 10.4. The fourth-order valence-corrected chi connectivity index (χ4v) is 2.55. The van der Waals surface area contributed by atoms with Crippen LogP contribution in [0.1, 0.15) is 27.8 Å². The van der Waals surface area contributed by atoms with Crippen LogP contribution in [0.2, 0.25) is 5.02 Å². The molecule has 6 nitrogen and oxygen atoms in total. The molecule has 0 aliphatic heterocycles. The van der Waals surface area contributed by atoms with Crippen molar-refractivity contribution in [3.05, 3.63) is 70.9 Å². The highest BCUT2D eigenvalue weighted by Crippen LogP contribution is 2.23. The Morgan fingerprint density at radius 1 is 1.08 bits per heavy atom. The van der Waals surface area contributed by atoms with Gasteiger partial charge in [-0.2, -0.15) is 0 Å². The van der Waals surface area contributed by atoms with Crippen LogP contribution in [-0.2, 0) is 0 Å². The van der Waals surface area contributed by atoms with Crippen molar-refractivity contribution in [3.8, 4) is 11.3 Å². The first kappa shape index (κ1) is 17.7. The topological polar surface area (TPSA) is 84.2 Å². The average molecular weight is 370 g/mol. The Labute approximate surface area is 155 Å². The largest absolute Gasteiger partial charge is 0.355 e. The predicted octanol–water partition coefficient (Wildman–Crippen LogP) is 4.00. The summed E-state index contributed by atoms with van der Waals surface area (Å²) >= 11 is 5.96. The number of carbonyl (C=O) groups excluding carboxylic acids is 2. The van der Waals surface area contributed by atoms with E-state index in [4.69, 9.17) is 16.1 Å². The van der Waals surface area contributed by atoms with E-state index in [0.29, 0.717) is 28.6 Å². The van der Waals surface area contributed by atoms with Gasteiger partial charge in [-0.1, -0.05) is 35.0 Å². The number of anilines is 1. The molecule has 0 bridgehead atoms. The van der Waals surface area contributed by atoms with Gasteiger partial charge >= 0.3 is 0 Å². The summed E-state index contributed by atoms with van der Waals surface area (Å²) in [5.41, 5.74) is 1.81. The average Bonchev–Trinajstić information content (AvgIpc) is 3.12. The van der Waals surface area contributed by atoms with Gasteiger partial charge in [0.05, 0.1) is 0 Å². The van der Waals surface area contributed by atoms with Gasteiger partial charge in [-0.05, 0) is 37.3 Å². The van der Waals surface area contributed by atoms with E-state index in [2.05, 4.69) is 15.8 Å². The van der Waals surface area contributed by atoms with E-state index in [0.717, 1.165) is 5.56 Å². The lowest BCUT2D eigenvalue weighted by Gasteiger charge is -2.06. The van der Waals surface area contributed by atoms with Crippen LogP contribution >= 0.6 is 11.6 Å². The van der Waals surface area contributed by atoms with Crippen molar-refractivity contribution in [2.45, 2.75) is 6.92 Å². The van der Waals surface area contributed by atoms with Crippen LogP contribution in [0.15, 0.2) is 59.1 Å². The number of halogens is 1. The number of aromatic nitrogens is 1. The molecule has 26 heavy (non-hydrogen) atoms. The van der Waals surface area contributed by atoms with E-state index in [1.54, 1.807) is 42.5 Å². The smallest absolute Gasteiger partial charge is 0.277 e. The van der Waals surface area contributed by atoms with Crippen LogP contribution < -0.4 is 10.6 Å². The molecule has 132 valence electrons. The van der Waals surface area contributed by atoms with Crippen LogP contribution in [0.3, 0.4) is 0 Å². The van der Waals surface area contributed by atoms with Gasteiger partial charge in [-0.3, -0.25) is 9.59 Å². The van der Waals surface area contributed by atoms with Gasteiger partial charge in [0.1, 0.15) is 0 Å². The molecule has 2 aromatic carbocycles. The minimum atomic E-state index is -0.435. The van der Waals surface area contributed by atoms with E-state index in [9.17, 15) is 9.59 Å². The summed E-state index contributed by atoms with van der Waals surface area (Å²) in [6.45, 7) is 2.37. The van der Waals surface area contributed by atoms with Crippen molar-refractivity contribution in [3.63, 3.8) is 0 Å². The fraction of sp³-hybridized carbons (Fsp3) is 0.105. The molecule has 7 heteroatoms. The Hall–Kier alpha value is -3.12. The first-order valence-corrected chi connectivity index (χ1v) is 8.37. The highest BCUT2D eigenvalue weighted by molar-refractivity contribution is 6.30. The third-order valence-corrected chi connectivity index (χ3v) is 3.81. The molecule has 3 rings (SSSR count). The molecule has 2 amide bonds. The van der Waals surface area contributed by atoms with Crippen LogP contribution in [0.4, 0.5) is 5.69 Å². The SMILES string of the molecule is CCNC(=O)c1cccc(NC(=O)c2cc(-c3cccc(Cl)c3)on2)c1. The molecule has 1 heterocycles. The molecular weight excluding hydrogens is 354 g/mol. The molecule has 0 spiro atoms. The van der Waals surface area contributed by atoms with Crippen LogP contribution in [0.25, 0.3) is 11.3 Å². The monoisotopic (exact) mass is 369 g/mol. The van der Waals surface area contributed by atoms with Gasteiger partial charge in [0.15, 0.2) is 11.5 Å². The first-order chi connectivity index (χ1) is 12.6. The maximum atomic E-state index is 12.4. The summed E-state index contributed by atoms with van der Waals surface area (Å²) in [4.78, 5) is 24.3. The summed E-state index contributed by atoms with van der Waals surface area (Å²) in [7, 11) is 0. The summed E-state index contributed by atoms with van der Waals surface area (Å²) in [6, 6.07) is 15.3. The highest BCUT2D eigenvalue weighted by atomic mass is 35.5. The number of carbonyl (C=O) groups is 2. The second-order valence-electron chi connectivity index (χ2n) is 5.48. The third kappa shape index (κ3) is 4.10. The molecule has 0 fully saturated rings. The maximum Gasteiger partial charge on any atom is 0.277 e. The van der Waals surface area contributed by atoms with Gasteiger partial charge < -0.3 is 15.2 Å². The van der Waals surface area contributed by atoms with Crippen LogP contribution in [-0.4, -0.2) is 23.5 Å². The number of nitrogens with one attached hydrogen (secondary N) is 2. The molecule has 0 aliphatic rings. The standard InChI is InChI=1S/C19H16ClN3O3/c1-2-21-18(24)13-6-4-8-15(10-13)22-19(25)16-11-17(26-23-16)12-5-3-7-14(20)9-12/h3-11H,2H2,1H3,(H,21,24)(H,22,25). The molecule has 1 aromatic heterocycles. The molecule has 0 saturated carbocycles. The molecular formula is C19H16ClN3O3. The highest BCUT2D eigenvalue weighted by Gasteiger charge is 2.15. The van der Waals surface area contributed by atoms with E-state index in [1.807, 2.05) is 13.0 Å². The quantitative estimate of drug-likeness (QED) is 0.712. The molecule has 3 aromatic rings. The maximum absolute atomic E-state index is 12.4. The number of benzene rings is 2. The van der Waals surface area contributed by atoms with Crippen molar-refractivity contribution in [2.24, 2.45) is 0 Å². The Bertz CT molecular complexity index is 952. The van der Waals surface area contributed by atoms with Crippen LogP contribution in [0, 0.1) is 0 Å². The minimum absolute atomic E-state index is 0.128. The van der Waals surface area contributed by atoms with Gasteiger partial charge in [0.25, 0.3) is 11.8 Å². The summed E-state index contributed by atoms with van der Waals surface area (Å²) in [5, 5.41) is 9.77. The third-order valence-electron chi connectivity index (χ3n) is 3.57. The predicted molar refractivity (Wildman–Crippen MR) is 99.4 cm³/mol. The van der Waals surface area contributed by atoms with Crippen molar-refractivity contribution < 1.29 is 14.1 Å². The summed E-state index contributed by atoms with van der Waals surface area (Å²) in [5.74, 6) is -0.197. The molecule has 0 saturated heterocycles. The second-order valence-corrected chi connectivity index (χ2v) is 5.92. The van der Waals surface area contributed by atoms with E-state index < -0.39 is 5.91 Å². The van der Waals surface area contributed by atoms with Gasteiger partial charge in [0.2, 0.25) is 0 Å². The number of hydrogen-bond acceptors (Lipinski definition) is 4. The van der Waals surface area contributed by atoms with Gasteiger partial charge in [0, 0.05) is 34.4 Å². The number of rotatable bonds is 5. The Morgan fingerprint density at radius 2 is 1.88 bits per heavy atom. The van der Waals surface area contributed by atoms with Crippen molar-refractivity contribution in [1.29, 1.82) is 0 Å². The minimum Gasteiger partial charge on any atom is -0.355 e. The lowest BCUT2D eigenvalue weighted by Crippen LogP contribution is -2.22. The zero-order valence-corrected chi connectivity index (χ0v) is 14.7. The lowest BCUT2D eigenvalue weighted by molar-refractivity contribution is 0.0954. The zero-order chi connectivity index (χ0) is 18.5. The van der Waals surface area contributed by atoms with Crippen molar-refractivity contribution in [2.75, 3.05) is 11.9 Å². The first-order valence-electron chi connectivity index (χ1n) is 7.99. The van der Waals surface area contributed by atoms with Gasteiger partial charge in [-0.25, -0.2) is 0 Å². The zero-order valence-electron chi connectivity index (χ0n) is 14.0. The summed E-state index contributed by atoms with van der Waals surface area (Å²) in [6.07, 6.45) is 0. The van der Waals surface area contributed by atoms with E-state index in [1.165, 1.54) is 6.07 Å². The van der Waals surface area contributed by atoms with Gasteiger partial charge in [-0.15, -0.1) is 0 Å².